The number of carbonyl (C=O) groups is 1. The summed E-state index contributed by atoms with van der Waals surface area (Å²) >= 11 is 0. The Labute approximate surface area is 105 Å². The first kappa shape index (κ1) is 14.5. The van der Waals surface area contributed by atoms with Crippen LogP contribution in [0.15, 0.2) is 0 Å². The average Bonchev–Trinajstić information content (AvgIpc) is 2.25. The van der Waals surface area contributed by atoms with Crippen LogP contribution < -0.4 is 5.32 Å². The van der Waals surface area contributed by atoms with Gasteiger partial charge in [0.2, 0.25) is 5.91 Å². The molecule has 1 amide bonds. The second-order valence-electron chi connectivity index (χ2n) is 6.21. The smallest absolute Gasteiger partial charge is 0.222 e. The molecule has 0 aromatic rings. The molecule has 3 nitrogen and oxygen atoms in total. The summed E-state index contributed by atoms with van der Waals surface area (Å²) in [4.78, 5) is 11.6. The number of rotatable bonds is 5. The van der Waals surface area contributed by atoms with Gasteiger partial charge in [-0.05, 0) is 37.5 Å². The van der Waals surface area contributed by atoms with Crippen molar-refractivity contribution in [2.45, 2.75) is 65.4 Å². The molecule has 1 N–H and O–H groups in total. The van der Waals surface area contributed by atoms with E-state index in [1.807, 2.05) is 0 Å². The number of nitrogens with one attached hydrogen (secondary N) is 1. The van der Waals surface area contributed by atoms with Gasteiger partial charge in [-0.1, -0.05) is 20.8 Å². The fraction of sp³-hybridized carbons (Fsp3) is 0.929. The van der Waals surface area contributed by atoms with Gasteiger partial charge in [0, 0.05) is 13.2 Å². The summed E-state index contributed by atoms with van der Waals surface area (Å²) in [5, 5.41) is 2.98. The molecule has 0 radical (unpaired) electrons. The predicted octanol–water partition coefficient (Wildman–Crippen LogP) is 2.89. The SMILES string of the molecule is CC(C)(C)CCCNC(=O)CC1CCCCO1. The molecular formula is C14H27NO2. The molecule has 17 heavy (non-hydrogen) atoms. The topological polar surface area (TPSA) is 38.3 Å². The molecule has 3 heteroatoms. The average molecular weight is 241 g/mol. The van der Waals surface area contributed by atoms with Gasteiger partial charge in [-0.25, -0.2) is 0 Å². The van der Waals surface area contributed by atoms with E-state index >= 15 is 0 Å². The molecule has 1 saturated heterocycles. The molecule has 1 fully saturated rings. The number of hydrogen-bond acceptors (Lipinski definition) is 2. The summed E-state index contributed by atoms with van der Waals surface area (Å²) in [6.45, 7) is 8.30. The fourth-order valence-corrected chi connectivity index (χ4v) is 2.09. The minimum Gasteiger partial charge on any atom is -0.378 e. The zero-order valence-electron chi connectivity index (χ0n) is 11.6. The standard InChI is InChI=1S/C14H27NO2/c1-14(2,3)8-6-9-15-13(16)11-12-7-4-5-10-17-12/h12H,4-11H2,1-3H3,(H,15,16). The molecule has 100 valence electrons. The van der Waals surface area contributed by atoms with Gasteiger partial charge in [0.05, 0.1) is 12.5 Å². The fourth-order valence-electron chi connectivity index (χ4n) is 2.09. The van der Waals surface area contributed by atoms with Crippen molar-refractivity contribution < 1.29 is 9.53 Å². The van der Waals surface area contributed by atoms with Crippen molar-refractivity contribution in [3.05, 3.63) is 0 Å². The van der Waals surface area contributed by atoms with Gasteiger partial charge < -0.3 is 10.1 Å². The third-order valence-electron chi connectivity index (χ3n) is 3.11. The highest BCUT2D eigenvalue weighted by molar-refractivity contribution is 5.76. The highest BCUT2D eigenvalue weighted by Gasteiger charge is 2.17. The lowest BCUT2D eigenvalue weighted by atomic mass is 9.91. The molecule has 0 aliphatic carbocycles. The Morgan fingerprint density at radius 3 is 2.71 bits per heavy atom. The molecule has 0 spiro atoms. The molecule has 0 aromatic carbocycles. The van der Waals surface area contributed by atoms with Crippen LogP contribution in [0.25, 0.3) is 0 Å². The van der Waals surface area contributed by atoms with Gasteiger partial charge in [-0.15, -0.1) is 0 Å². The van der Waals surface area contributed by atoms with Crippen LogP contribution in [0, 0.1) is 5.41 Å². The second kappa shape index (κ2) is 7.00. The van der Waals surface area contributed by atoms with Gasteiger partial charge >= 0.3 is 0 Å². The minimum atomic E-state index is 0.144. The van der Waals surface area contributed by atoms with Crippen molar-refractivity contribution in [1.82, 2.24) is 5.32 Å². The molecule has 0 aromatic heterocycles. The van der Waals surface area contributed by atoms with Gasteiger partial charge in [-0.3, -0.25) is 4.79 Å². The van der Waals surface area contributed by atoms with Gasteiger partial charge in [0.25, 0.3) is 0 Å². The van der Waals surface area contributed by atoms with E-state index in [9.17, 15) is 4.79 Å². The van der Waals surface area contributed by atoms with E-state index < -0.39 is 0 Å². The van der Waals surface area contributed by atoms with E-state index in [1.54, 1.807) is 0 Å². The molecule has 1 heterocycles. The summed E-state index contributed by atoms with van der Waals surface area (Å²) in [6, 6.07) is 0. The molecule has 0 saturated carbocycles. The second-order valence-corrected chi connectivity index (χ2v) is 6.21. The van der Waals surface area contributed by atoms with E-state index in [0.717, 1.165) is 38.8 Å². The quantitative estimate of drug-likeness (QED) is 0.752. The maximum absolute atomic E-state index is 11.6. The van der Waals surface area contributed by atoms with Crippen LogP contribution >= 0.6 is 0 Å². The van der Waals surface area contributed by atoms with E-state index in [4.69, 9.17) is 4.74 Å². The van der Waals surface area contributed by atoms with Crippen LogP contribution in [-0.4, -0.2) is 25.2 Å². The maximum atomic E-state index is 11.6. The summed E-state index contributed by atoms with van der Waals surface area (Å²) < 4.78 is 5.55. The summed E-state index contributed by atoms with van der Waals surface area (Å²) in [5.41, 5.74) is 0.358. The van der Waals surface area contributed by atoms with Gasteiger partial charge in [0.15, 0.2) is 0 Å². The van der Waals surface area contributed by atoms with Crippen LogP contribution in [0.3, 0.4) is 0 Å². The molecule has 0 bridgehead atoms. The third-order valence-corrected chi connectivity index (χ3v) is 3.11. The lowest BCUT2D eigenvalue weighted by molar-refractivity contribution is -0.124. The highest BCUT2D eigenvalue weighted by atomic mass is 16.5. The lowest BCUT2D eigenvalue weighted by Crippen LogP contribution is -2.31. The summed E-state index contributed by atoms with van der Waals surface area (Å²) in [5.74, 6) is 0.144. The van der Waals surface area contributed by atoms with Crippen molar-refractivity contribution in [1.29, 1.82) is 0 Å². The molecular weight excluding hydrogens is 214 g/mol. The van der Waals surface area contributed by atoms with Crippen LogP contribution in [0.4, 0.5) is 0 Å². The van der Waals surface area contributed by atoms with Crippen LogP contribution in [0.5, 0.6) is 0 Å². The Morgan fingerprint density at radius 1 is 1.35 bits per heavy atom. The molecule has 1 aliphatic heterocycles. The van der Waals surface area contributed by atoms with Crippen molar-refractivity contribution in [2.24, 2.45) is 5.41 Å². The largest absolute Gasteiger partial charge is 0.378 e. The van der Waals surface area contributed by atoms with Crippen LogP contribution in [0.2, 0.25) is 0 Å². The number of amides is 1. The first-order valence-electron chi connectivity index (χ1n) is 6.86. The summed E-state index contributed by atoms with van der Waals surface area (Å²) in [6.07, 6.45) is 6.27. The normalized spacial score (nSPS) is 21.2. The predicted molar refractivity (Wildman–Crippen MR) is 69.9 cm³/mol. The third kappa shape index (κ3) is 7.37. The number of hydrogen-bond donors (Lipinski definition) is 1. The maximum Gasteiger partial charge on any atom is 0.222 e. The van der Waals surface area contributed by atoms with E-state index in [0.29, 0.717) is 11.8 Å². The number of carbonyl (C=O) groups excluding carboxylic acids is 1. The first-order valence-corrected chi connectivity index (χ1v) is 6.86. The van der Waals surface area contributed by atoms with E-state index in [-0.39, 0.29) is 12.0 Å². The Morgan fingerprint density at radius 2 is 2.12 bits per heavy atom. The Kier molecular flexibility index (Phi) is 5.96. The molecule has 1 atom stereocenters. The Bertz CT molecular complexity index is 227. The van der Waals surface area contributed by atoms with Crippen molar-refractivity contribution in [3.8, 4) is 0 Å². The van der Waals surface area contributed by atoms with E-state index in [2.05, 4.69) is 26.1 Å². The van der Waals surface area contributed by atoms with E-state index in [1.165, 1.54) is 6.42 Å². The molecule has 1 aliphatic rings. The summed E-state index contributed by atoms with van der Waals surface area (Å²) in [7, 11) is 0. The Hall–Kier alpha value is -0.570. The zero-order valence-corrected chi connectivity index (χ0v) is 11.6. The number of ether oxygens (including phenoxy) is 1. The van der Waals surface area contributed by atoms with Gasteiger partial charge in [-0.2, -0.15) is 0 Å². The van der Waals surface area contributed by atoms with Crippen molar-refractivity contribution in [3.63, 3.8) is 0 Å². The Balaban J connectivity index is 2.04. The van der Waals surface area contributed by atoms with Crippen molar-refractivity contribution in [2.75, 3.05) is 13.2 Å². The lowest BCUT2D eigenvalue weighted by Gasteiger charge is -2.22. The zero-order chi connectivity index (χ0) is 12.7. The monoisotopic (exact) mass is 241 g/mol. The van der Waals surface area contributed by atoms with Crippen molar-refractivity contribution >= 4 is 5.91 Å². The minimum absolute atomic E-state index is 0.144. The molecule has 1 unspecified atom stereocenters. The first-order chi connectivity index (χ1) is 7.97. The highest BCUT2D eigenvalue weighted by Crippen LogP contribution is 2.20. The molecule has 1 rings (SSSR count). The van der Waals surface area contributed by atoms with Crippen LogP contribution in [-0.2, 0) is 9.53 Å². The van der Waals surface area contributed by atoms with Crippen LogP contribution in [0.1, 0.15) is 59.3 Å². The van der Waals surface area contributed by atoms with Gasteiger partial charge in [0.1, 0.15) is 0 Å².